The molecule has 5 heteroatoms. The van der Waals surface area contributed by atoms with Gasteiger partial charge in [-0.25, -0.2) is 4.98 Å². The molecule has 209 valence electrons. The predicted molar refractivity (Wildman–Crippen MR) is 158 cm³/mol. The molecule has 1 heterocycles. The van der Waals surface area contributed by atoms with Crippen molar-refractivity contribution in [2.24, 2.45) is 11.8 Å². The van der Waals surface area contributed by atoms with Crippen molar-refractivity contribution in [1.82, 2.24) is 4.98 Å². The van der Waals surface area contributed by atoms with Gasteiger partial charge in [-0.15, -0.1) is 12.1 Å². The molecule has 0 aliphatic carbocycles. The van der Waals surface area contributed by atoms with E-state index in [2.05, 4.69) is 55.2 Å². The van der Waals surface area contributed by atoms with Crippen LogP contribution in [0, 0.1) is 31.7 Å². The van der Waals surface area contributed by atoms with Gasteiger partial charge >= 0.3 is 0 Å². The number of para-hydroxylation sites is 1. The number of benzene rings is 3. The minimum Gasteiger partial charge on any atom is -0.512 e. The normalized spacial score (nSPS) is 11.3. The summed E-state index contributed by atoms with van der Waals surface area (Å²) in [4.78, 5) is 16.2. The molecule has 39 heavy (non-hydrogen) atoms. The second-order valence-corrected chi connectivity index (χ2v) is 9.66. The van der Waals surface area contributed by atoms with Crippen LogP contribution in [0.15, 0.2) is 72.6 Å². The molecule has 0 amide bonds. The number of aliphatic hydroxyl groups excluding tert-OH is 1. The van der Waals surface area contributed by atoms with Crippen LogP contribution in [0.4, 0.5) is 0 Å². The third-order valence-electron chi connectivity index (χ3n) is 7.45. The third-order valence-corrected chi connectivity index (χ3v) is 7.45. The number of fused-ring (bicyclic) bond motifs is 3. The van der Waals surface area contributed by atoms with Crippen molar-refractivity contribution < 1.29 is 34.7 Å². The van der Waals surface area contributed by atoms with Crippen molar-refractivity contribution in [3.05, 3.63) is 89.8 Å². The fraction of sp³-hybridized carbons (Fsp3) is 0.353. The van der Waals surface area contributed by atoms with Gasteiger partial charge < -0.3 is 9.84 Å². The zero-order valence-electron chi connectivity index (χ0n) is 23.9. The molecule has 0 fully saturated rings. The van der Waals surface area contributed by atoms with Crippen molar-refractivity contribution in [2.45, 2.75) is 67.2 Å². The second-order valence-electron chi connectivity index (χ2n) is 9.66. The van der Waals surface area contributed by atoms with Crippen LogP contribution < -0.4 is 4.74 Å². The quantitative estimate of drug-likeness (QED) is 0.0818. The molecule has 1 radical (unpaired) electrons. The Morgan fingerprint density at radius 1 is 0.872 bits per heavy atom. The van der Waals surface area contributed by atoms with E-state index in [9.17, 15) is 9.90 Å². The number of aromatic nitrogens is 1. The average molecular weight is 703 g/mol. The van der Waals surface area contributed by atoms with Gasteiger partial charge in [0.25, 0.3) is 0 Å². The maximum absolute atomic E-state index is 11.7. The van der Waals surface area contributed by atoms with Crippen LogP contribution in [0.3, 0.4) is 0 Å². The molecule has 0 atom stereocenters. The van der Waals surface area contributed by atoms with E-state index in [4.69, 9.17) is 4.74 Å². The Morgan fingerprint density at radius 3 is 2.05 bits per heavy atom. The summed E-state index contributed by atoms with van der Waals surface area (Å²) in [7, 11) is 0. The molecule has 1 N–H and O–H groups in total. The van der Waals surface area contributed by atoms with Crippen molar-refractivity contribution in [3.8, 4) is 11.6 Å². The van der Waals surface area contributed by atoms with E-state index in [1.54, 1.807) is 0 Å². The number of ether oxygens (including phenoxy) is 1. The van der Waals surface area contributed by atoms with Crippen LogP contribution in [0.25, 0.3) is 21.5 Å². The molecule has 0 saturated heterocycles. The van der Waals surface area contributed by atoms with Gasteiger partial charge in [0.1, 0.15) is 0 Å². The first kappa shape index (κ1) is 32.2. The number of allylic oxidation sites excluding steroid dienone is 2. The molecule has 0 spiro atoms. The molecule has 3 aromatic carbocycles. The van der Waals surface area contributed by atoms with E-state index in [1.807, 2.05) is 58.2 Å². The first-order valence-corrected chi connectivity index (χ1v) is 13.7. The first-order valence-electron chi connectivity index (χ1n) is 13.7. The summed E-state index contributed by atoms with van der Waals surface area (Å²) in [5, 5.41) is 14.4. The minimum atomic E-state index is 0. The Kier molecular flexibility index (Phi) is 12.8. The van der Waals surface area contributed by atoms with Crippen molar-refractivity contribution in [3.63, 3.8) is 0 Å². The Morgan fingerprint density at radius 2 is 1.46 bits per heavy atom. The molecule has 4 nitrogen and oxygen atoms in total. The zero-order valence-corrected chi connectivity index (χ0v) is 26.3. The van der Waals surface area contributed by atoms with Gasteiger partial charge in [-0.05, 0) is 72.9 Å². The standard InChI is InChI=1S/C21H16NO.C13H24O2.Ir/c1-14-15(2)18-12-13-22-21(23-16-8-4-3-5-9-16)20(18)19-11-7-6-10-17(14)19;1-5-10(6-2)12(14)9-13(15)11(7-3)8-4;/h3-8,10-13H,1-2H3;9-11,14H,5-8H2,1-4H3;/q-1;;/b;12-9-;. The number of ketones is 1. The molecular formula is C34H40IrNO3-. The van der Waals surface area contributed by atoms with Gasteiger partial charge in [0.15, 0.2) is 5.78 Å². The van der Waals surface area contributed by atoms with Crippen molar-refractivity contribution in [1.29, 1.82) is 0 Å². The zero-order chi connectivity index (χ0) is 27.7. The van der Waals surface area contributed by atoms with Crippen LogP contribution in [-0.2, 0) is 24.9 Å². The number of carbonyl (C=O) groups excluding carboxylic acids is 1. The molecule has 0 aliphatic heterocycles. The van der Waals surface area contributed by atoms with E-state index >= 15 is 0 Å². The van der Waals surface area contributed by atoms with Gasteiger partial charge in [-0.3, -0.25) is 4.79 Å². The Hall–Kier alpha value is -3.01. The number of carbonyl (C=O) groups is 1. The van der Waals surface area contributed by atoms with Gasteiger partial charge in [0, 0.05) is 50.0 Å². The van der Waals surface area contributed by atoms with Gasteiger partial charge in [0.05, 0.1) is 11.1 Å². The number of aryl methyl sites for hydroxylation is 2. The van der Waals surface area contributed by atoms with Crippen LogP contribution in [0.1, 0.15) is 64.5 Å². The Labute approximate surface area is 246 Å². The summed E-state index contributed by atoms with van der Waals surface area (Å²) < 4.78 is 6.03. The first-order chi connectivity index (χ1) is 18.4. The molecule has 0 unspecified atom stereocenters. The summed E-state index contributed by atoms with van der Waals surface area (Å²) in [5.41, 5.74) is 2.57. The molecule has 1 aromatic heterocycles. The predicted octanol–water partition coefficient (Wildman–Crippen LogP) is 9.46. The number of nitrogens with zero attached hydrogens (tertiary/aromatic N) is 1. The summed E-state index contributed by atoms with van der Waals surface area (Å²) in [6.45, 7) is 12.4. The molecule has 0 saturated carbocycles. The molecule has 0 aliphatic rings. The topological polar surface area (TPSA) is 59.4 Å². The molecular weight excluding hydrogens is 663 g/mol. The largest absolute Gasteiger partial charge is 0.512 e. The fourth-order valence-electron chi connectivity index (χ4n) is 4.85. The minimum absolute atomic E-state index is 0. The third kappa shape index (κ3) is 7.77. The fourth-order valence-corrected chi connectivity index (χ4v) is 4.85. The number of aliphatic hydroxyl groups is 1. The summed E-state index contributed by atoms with van der Waals surface area (Å²) in [6.07, 6.45) is 6.71. The van der Waals surface area contributed by atoms with E-state index in [0.717, 1.165) is 31.1 Å². The smallest absolute Gasteiger partial charge is 0.225 e. The number of rotatable bonds is 9. The van der Waals surface area contributed by atoms with Crippen LogP contribution in [-0.4, -0.2) is 15.9 Å². The monoisotopic (exact) mass is 703 g/mol. The average Bonchev–Trinajstić information content (AvgIpc) is 2.94. The number of pyridine rings is 1. The maximum Gasteiger partial charge on any atom is 0.225 e. The second kappa shape index (κ2) is 15.5. The van der Waals surface area contributed by atoms with Crippen LogP contribution in [0.2, 0.25) is 0 Å². The van der Waals surface area contributed by atoms with Crippen LogP contribution >= 0.6 is 0 Å². The Balaban J connectivity index is 0.000000294. The van der Waals surface area contributed by atoms with Gasteiger partial charge in [-0.2, -0.15) is 18.2 Å². The molecule has 4 aromatic rings. The summed E-state index contributed by atoms with van der Waals surface area (Å²) in [5.74, 6) is 1.85. The Bertz CT molecular complexity index is 1390. The van der Waals surface area contributed by atoms with E-state index in [0.29, 0.717) is 11.6 Å². The SMILES string of the molecule is CCC(CC)C(=O)/C=C(\O)C(CC)CC.Cc1c(C)c2ccnc(Oc3[c-]cccc3)c2c2ccccc12.[Ir]. The van der Waals surface area contributed by atoms with E-state index < -0.39 is 0 Å². The van der Waals surface area contributed by atoms with Gasteiger partial charge in [0.2, 0.25) is 5.88 Å². The van der Waals surface area contributed by atoms with Gasteiger partial charge in [-0.1, -0.05) is 52.0 Å². The molecule has 0 bridgehead atoms. The van der Waals surface area contributed by atoms with E-state index in [1.165, 1.54) is 33.4 Å². The number of hydrogen-bond donors (Lipinski definition) is 1. The molecule has 4 rings (SSSR count). The van der Waals surface area contributed by atoms with Crippen molar-refractivity contribution >= 4 is 27.3 Å². The van der Waals surface area contributed by atoms with Crippen molar-refractivity contribution in [2.75, 3.05) is 0 Å². The van der Waals surface area contributed by atoms with Crippen LogP contribution in [0.5, 0.6) is 11.6 Å². The summed E-state index contributed by atoms with van der Waals surface area (Å²) >= 11 is 0. The maximum atomic E-state index is 11.7. The van der Waals surface area contributed by atoms with E-state index in [-0.39, 0.29) is 43.5 Å². The number of hydrogen-bond acceptors (Lipinski definition) is 4. The summed E-state index contributed by atoms with van der Waals surface area (Å²) in [6, 6.07) is 21.2.